The molecule has 0 amide bonds. The van der Waals surface area contributed by atoms with Gasteiger partial charge in [-0.1, -0.05) is 0 Å². The molecule has 0 aromatic heterocycles. The average molecular weight is 427 g/mol. The lowest BCUT2D eigenvalue weighted by Gasteiger charge is -2.38. The number of aliphatic hydroxyl groups excluding tert-OH is 3. The van der Waals surface area contributed by atoms with Gasteiger partial charge < -0.3 is 54.2 Å². The van der Waals surface area contributed by atoms with E-state index in [1.54, 1.807) is 6.92 Å². The zero-order valence-corrected chi connectivity index (χ0v) is 17.1. The Morgan fingerprint density at radius 2 is 1.03 bits per heavy atom. The highest BCUT2D eigenvalue weighted by Crippen LogP contribution is 2.21. The molecule has 5 N–H and O–H groups in total. The monoisotopic (exact) mass is 427 g/mol. The van der Waals surface area contributed by atoms with E-state index in [-0.39, 0.29) is 13.2 Å². The third-order valence-corrected chi connectivity index (χ3v) is 4.07. The summed E-state index contributed by atoms with van der Waals surface area (Å²) in [6.07, 6.45) is -5.38. The van der Waals surface area contributed by atoms with Crippen LogP contribution in [-0.2, 0) is 33.2 Å². The molecule has 11 heteroatoms. The Balaban J connectivity index is 1.81. The fourth-order valence-corrected chi connectivity index (χ4v) is 2.44. The van der Waals surface area contributed by atoms with E-state index in [1.807, 2.05) is 0 Å². The van der Waals surface area contributed by atoms with Crippen LogP contribution in [0.5, 0.6) is 0 Å². The first-order chi connectivity index (χ1) is 14.1. The Bertz CT molecular complexity index is 379. The number of hydrogen-bond acceptors (Lipinski definition) is 11. The fraction of sp³-hybridized carbons (Fsp3) is 1.00. The second-order valence-electron chi connectivity index (χ2n) is 6.40. The van der Waals surface area contributed by atoms with Crippen LogP contribution in [0.2, 0.25) is 0 Å². The number of hydrogen-bond donors (Lipinski definition) is 4. The van der Waals surface area contributed by atoms with Crippen molar-refractivity contribution in [2.45, 2.75) is 37.6 Å². The second kappa shape index (κ2) is 17.3. The summed E-state index contributed by atoms with van der Waals surface area (Å²) in [5.74, 6) is 0. The van der Waals surface area contributed by atoms with Crippen LogP contribution in [0, 0.1) is 0 Å². The van der Waals surface area contributed by atoms with Crippen molar-refractivity contribution < 1.29 is 48.5 Å². The third kappa shape index (κ3) is 12.1. The predicted molar refractivity (Wildman–Crippen MR) is 101 cm³/mol. The number of aliphatic hydroxyl groups is 3. The normalized spacial score (nSPS) is 27.4. The molecule has 1 heterocycles. The molecule has 0 aromatic rings. The van der Waals surface area contributed by atoms with Gasteiger partial charge in [-0.3, -0.25) is 0 Å². The maximum atomic E-state index is 9.81. The van der Waals surface area contributed by atoms with Gasteiger partial charge in [0, 0.05) is 6.54 Å². The van der Waals surface area contributed by atoms with Crippen molar-refractivity contribution >= 4 is 0 Å². The largest absolute Gasteiger partial charge is 0.388 e. The first kappa shape index (κ1) is 26.6. The minimum absolute atomic E-state index is 0.178. The lowest BCUT2D eigenvalue weighted by Crippen LogP contribution is -2.57. The summed E-state index contributed by atoms with van der Waals surface area (Å²) in [5, 5.41) is 29.1. The summed E-state index contributed by atoms with van der Waals surface area (Å²) in [6, 6.07) is 0. The zero-order valence-electron chi connectivity index (χ0n) is 17.1. The summed E-state index contributed by atoms with van der Waals surface area (Å²) >= 11 is 0. The van der Waals surface area contributed by atoms with Crippen molar-refractivity contribution in [3.63, 3.8) is 0 Å². The van der Waals surface area contributed by atoms with Gasteiger partial charge >= 0.3 is 0 Å². The molecule has 5 unspecified atom stereocenters. The van der Waals surface area contributed by atoms with Crippen LogP contribution in [0.4, 0.5) is 0 Å². The van der Waals surface area contributed by atoms with Crippen LogP contribution < -0.4 is 5.73 Å². The van der Waals surface area contributed by atoms with E-state index in [0.29, 0.717) is 66.0 Å². The molecule has 0 aliphatic carbocycles. The van der Waals surface area contributed by atoms with Crippen LogP contribution in [0.25, 0.3) is 0 Å². The van der Waals surface area contributed by atoms with Gasteiger partial charge in [0.2, 0.25) is 0 Å². The van der Waals surface area contributed by atoms with Crippen LogP contribution in [0.3, 0.4) is 0 Å². The standard InChI is InChI=1S/C18H37NO10/c1-14-15(20)16(21)17(22)18(29-14)28-13-12-27-11-10-26-9-8-25-7-6-24-5-4-23-3-2-19/h14-18,20-22H,2-13,19H2,1H3. The molecule has 1 fully saturated rings. The highest BCUT2D eigenvalue weighted by atomic mass is 16.7. The van der Waals surface area contributed by atoms with Crippen LogP contribution in [0.1, 0.15) is 6.92 Å². The Morgan fingerprint density at radius 3 is 1.48 bits per heavy atom. The maximum Gasteiger partial charge on any atom is 0.186 e. The van der Waals surface area contributed by atoms with E-state index in [4.69, 9.17) is 38.9 Å². The molecule has 0 spiro atoms. The van der Waals surface area contributed by atoms with Crippen LogP contribution in [0.15, 0.2) is 0 Å². The quantitative estimate of drug-likeness (QED) is 0.178. The van der Waals surface area contributed by atoms with Crippen molar-refractivity contribution in [2.75, 3.05) is 79.2 Å². The molecule has 11 nitrogen and oxygen atoms in total. The summed E-state index contributed by atoms with van der Waals surface area (Å²) < 4.78 is 37.2. The minimum Gasteiger partial charge on any atom is -0.388 e. The Labute approximate surface area is 171 Å². The first-order valence-electron chi connectivity index (χ1n) is 9.98. The number of ether oxygens (including phenoxy) is 7. The molecular formula is C18H37NO10. The SMILES string of the molecule is CC1OC(OCCOCCOCCOCCOCCOCCN)C(O)C(O)C1O. The van der Waals surface area contributed by atoms with E-state index >= 15 is 0 Å². The minimum atomic E-state index is -1.31. The van der Waals surface area contributed by atoms with E-state index in [0.717, 1.165) is 0 Å². The summed E-state index contributed by atoms with van der Waals surface area (Å²) in [6.45, 7) is 6.90. The van der Waals surface area contributed by atoms with Crippen molar-refractivity contribution in [1.29, 1.82) is 0 Å². The third-order valence-electron chi connectivity index (χ3n) is 4.07. The molecule has 1 saturated heterocycles. The molecule has 0 bridgehead atoms. The van der Waals surface area contributed by atoms with Gasteiger partial charge in [0.15, 0.2) is 6.29 Å². The first-order valence-corrected chi connectivity index (χ1v) is 9.98. The Morgan fingerprint density at radius 1 is 0.621 bits per heavy atom. The van der Waals surface area contributed by atoms with Crippen molar-refractivity contribution in [3.8, 4) is 0 Å². The van der Waals surface area contributed by atoms with E-state index in [1.165, 1.54) is 0 Å². The lowest BCUT2D eigenvalue weighted by atomic mass is 10.0. The summed E-state index contributed by atoms with van der Waals surface area (Å²) in [7, 11) is 0. The molecule has 1 aliphatic rings. The predicted octanol–water partition coefficient (Wildman–Crippen LogP) is -2.13. The Hall–Kier alpha value is -0.440. The number of rotatable bonds is 18. The van der Waals surface area contributed by atoms with Crippen LogP contribution >= 0.6 is 0 Å². The zero-order chi connectivity index (χ0) is 21.3. The van der Waals surface area contributed by atoms with Gasteiger partial charge in [-0.15, -0.1) is 0 Å². The van der Waals surface area contributed by atoms with Gasteiger partial charge in [0.25, 0.3) is 0 Å². The van der Waals surface area contributed by atoms with Gasteiger partial charge in [-0.2, -0.15) is 0 Å². The molecule has 0 aromatic carbocycles. The number of nitrogens with two attached hydrogens (primary N) is 1. The summed E-state index contributed by atoms with van der Waals surface area (Å²) in [4.78, 5) is 0. The van der Waals surface area contributed by atoms with Gasteiger partial charge in [-0.25, -0.2) is 0 Å². The molecule has 1 rings (SSSR count). The van der Waals surface area contributed by atoms with Crippen LogP contribution in [-0.4, -0.2) is 125 Å². The van der Waals surface area contributed by atoms with Crippen molar-refractivity contribution in [3.05, 3.63) is 0 Å². The molecule has 1 aliphatic heterocycles. The van der Waals surface area contributed by atoms with Crippen molar-refractivity contribution in [2.24, 2.45) is 5.73 Å². The van der Waals surface area contributed by atoms with Gasteiger partial charge in [-0.05, 0) is 6.92 Å². The molecule has 29 heavy (non-hydrogen) atoms. The smallest absolute Gasteiger partial charge is 0.186 e. The molecule has 0 saturated carbocycles. The maximum absolute atomic E-state index is 9.81. The van der Waals surface area contributed by atoms with Crippen molar-refractivity contribution in [1.82, 2.24) is 0 Å². The van der Waals surface area contributed by atoms with Gasteiger partial charge in [0.1, 0.15) is 18.3 Å². The molecule has 5 atom stereocenters. The van der Waals surface area contributed by atoms with E-state index < -0.39 is 30.7 Å². The Kier molecular flexibility index (Phi) is 15.8. The summed E-state index contributed by atoms with van der Waals surface area (Å²) in [5.41, 5.74) is 5.30. The highest BCUT2D eigenvalue weighted by molar-refractivity contribution is 4.87. The molecular weight excluding hydrogens is 390 g/mol. The fourth-order valence-electron chi connectivity index (χ4n) is 2.44. The van der Waals surface area contributed by atoms with Gasteiger partial charge in [0.05, 0.1) is 78.8 Å². The topological polar surface area (TPSA) is 151 Å². The second-order valence-corrected chi connectivity index (χ2v) is 6.40. The molecule has 0 radical (unpaired) electrons. The average Bonchev–Trinajstić information content (AvgIpc) is 2.72. The van der Waals surface area contributed by atoms with E-state index in [9.17, 15) is 15.3 Å². The highest BCUT2D eigenvalue weighted by Gasteiger charge is 2.42. The lowest BCUT2D eigenvalue weighted by molar-refractivity contribution is -0.294. The van der Waals surface area contributed by atoms with E-state index in [2.05, 4.69) is 0 Å². The molecule has 174 valence electrons.